The number of fused-ring (bicyclic) bond motifs is 1. The van der Waals surface area contributed by atoms with Gasteiger partial charge in [-0.3, -0.25) is 0 Å². The number of hydrogen-bond donors (Lipinski definition) is 0. The van der Waals surface area contributed by atoms with E-state index in [1.54, 1.807) is 18.2 Å². The zero-order chi connectivity index (χ0) is 14.6. The Hall–Kier alpha value is -1.89. The summed E-state index contributed by atoms with van der Waals surface area (Å²) in [4.78, 5) is 0. The molecule has 1 saturated carbocycles. The molecule has 1 fully saturated rings. The normalized spacial score (nSPS) is 19.9. The van der Waals surface area contributed by atoms with Gasteiger partial charge in [-0.1, -0.05) is 12.1 Å². The fraction of sp³-hybridized carbons (Fsp3) is 0.357. The van der Waals surface area contributed by atoms with Crippen molar-refractivity contribution < 1.29 is 17.0 Å². The first-order valence-electron chi connectivity index (χ1n) is 6.84. The van der Waals surface area contributed by atoms with Crippen molar-refractivity contribution in [2.45, 2.75) is 25.2 Å². The van der Waals surface area contributed by atoms with Crippen molar-refractivity contribution in [3.63, 3.8) is 0 Å². The highest BCUT2D eigenvalue weighted by Gasteiger charge is 2.37. The van der Waals surface area contributed by atoms with E-state index in [0.717, 1.165) is 24.1 Å². The molecule has 2 aliphatic rings. The number of aromatic nitrogens is 2. The summed E-state index contributed by atoms with van der Waals surface area (Å²) >= 11 is 0. The van der Waals surface area contributed by atoms with Crippen molar-refractivity contribution in [3.05, 3.63) is 41.3 Å². The highest BCUT2D eigenvalue weighted by molar-refractivity contribution is 7.87. The van der Waals surface area contributed by atoms with Crippen LogP contribution in [0.5, 0.6) is 5.88 Å². The minimum Gasteiger partial charge on any atom is -0.361 e. The number of halogens is 1. The summed E-state index contributed by atoms with van der Waals surface area (Å²) in [5.74, 6) is -0.0241. The maximum Gasteiger partial charge on any atom is 0.311 e. The van der Waals surface area contributed by atoms with Crippen molar-refractivity contribution in [2.24, 2.45) is 0 Å². The van der Waals surface area contributed by atoms with Gasteiger partial charge in [0.25, 0.3) is 0 Å². The van der Waals surface area contributed by atoms with E-state index in [1.165, 1.54) is 10.7 Å². The van der Waals surface area contributed by atoms with Gasteiger partial charge in [-0.2, -0.15) is 18.2 Å². The molecule has 0 atom stereocenters. The maximum atomic E-state index is 14.0. The van der Waals surface area contributed by atoms with Crippen molar-refractivity contribution >= 4 is 10.1 Å². The molecule has 7 heteroatoms. The lowest BCUT2D eigenvalue weighted by Gasteiger charge is -2.15. The Bertz CT molecular complexity index is 825. The molecule has 1 aliphatic carbocycles. The average Bonchev–Trinajstić information content (AvgIpc) is 3.21. The summed E-state index contributed by atoms with van der Waals surface area (Å²) in [7, 11) is -3.61. The molecule has 0 N–H and O–H groups in total. The Morgan fingerprint density at radius 3 is 2.76 bits per heavy atom. The van der Waals surface area contributed by atoms with Gasteiger partial charge in [0.2, 0.25) is 5.88 Å². The molecule has 4 rings (SSSR count). The van der Waals surface area contributed by atoms with Gasteiger partial charge in [0.1, 0.15) is 11.5 Å². The van der Waals surface area contributed by atoms with E-state index in [-0.39, 0.29) is 17.3 Å². The Labute approximate surface area is 121 Å². The molecule has 5 nitrogen and oxygen atoms in total. The van der Waals surface area contributed by atoms with Gasteiger partial charge < -0.3 is 4.18 Å². The van der Waals surface area contributed by atoms with Crippen molar-refractivity contribution in [2.75, 3.05) is 5.75 Å². The van der Waals surface area contributed by atoms with Gasteiger partial charge >= 0.3 is 10.1 Å². The van der Waals surface area contributed by atoms with Gasteiger partial charge in [-0.15, -0.1) is 0 Å². The molecule has 1 aromatic carbocycles. The van der Waals surface area contributed by atoms with E-state index in [2.05, 4.69) is 5.10 Å². The Morgan fingerprint density at radius 2 is 2.05 bits per heavy atom. The van der Waals surface area contributed by atoms with Crippen molar-refractivity contribution in [1.82, 2.24) is 9.78 Å². The molecular formula is C14H13FN2O3S. The summed E-state index contributed by atoms with van der Waals surface area (Å²) in [5, 5.41) is 4.44. The molecular weight excluding hydrogens is 295 g/mol. The monoisotopic (exact) mass is 308 g/mol. The van der Waals surface area contributed by atoms with Crippen LogP contribution in [0.2, 0.25) is 0 Å². The summed E-state index contributed by atoms with van der Waals surface area (Å²) < 4.78 is 43.8. The van der Waals surface area contributed by atoms with E-state index < -0.39 is 15.9 Å². The Morgan fingerprint density at radius 1 is 1.29 bits per heavy atom. The molecule has 0 unspecified atom stereocenters. The number of hydrogen-bond acceptors (Lipinski definition) is 4. The van der Waals surface area contributed by atoms with Crippen LogP contribution >= 0.6 is 0 Å². The average molecular weight is 308 g/mol. The number of nitrogens with zero attached hydrogens (tertiary/aromatic N) is 2. The molecule has 21 heavy (non-hydrogen) atoms. The molecule has 1 aliphatic heterocycles. The van der Waals surface area contributed by atoms with Crippen LogP contribution in [0.25, 0.3) is 5.69 Å². The lowest BCUT2D eigenvalue weighted by molar-refractivity contribution is 0.450. The third-order valence-corrected chi connectivity index (χ3v) is 4.94. The second-order valence-corrected chi connectivity index (χ2v) is 7.09. The topological polar surface area (TPSA) is 61.2 Å². The Kier molecular flexibility index (Phi) is 2.63. The van der Waals surface area contributed by atoms with E-state index in [1.807, 2.05) is 0 Å². The predicted molar refractivity (Wildman–Crippen MR) is 73.6 cm³/mol. The predicted octanol–water partition coefficient (Wildman–Crippen LogP) is 2.15. The molecule has 0 amide bonds. The standard InChI is InChI=1S/C14H13FN2O3S/c15-11-3-1-2-4-12(11)17-14-10(7-8-21(18,19)20-14)13(16-17)9-5-6-9/h1-4,9H,5-8H2. The Balaban J connectivity index is 1.93. The fourth-order valence-electron chi connectivity index (χ4n) is 2.63. The van der Waals surface area contributed by atoms with E-state index in [4.69, 9.17) is 4.18 Å². The molecule has 2 heterocycles. The molecule has 2 aromatic rings. The van der Waals surface area contributed by atoms with Crippen molar-refractivity contribution in [1.29, 1.82) is 0 Å². The lowest BCUT2D eigenvalue weighted by atomic mass is 10.1. The van der Waals surface area contributed by atoms with Crippen LogP contribution in [-0.2, 0) is 16.5 Å². The highest BCUT2D eigenvalue weighted by Crippen LogP contribution is 2.45. The van der Waals surface area contributed by atoms with Gasteiger partial charge in [0.15, 0.2) is 0 Å². The zero-order valence-electron chi connectivity index (χ0n) is 11.1. The van der Waals surface area contributed by atoms with Gasteiger partial charge in [0, 0.05) is 11.5 Å². The summed E-state index contributed by atoms with van der Waals surface area (Å²) in [6.07, 6.45) is 2.44. The van der Waals surface area contributed by atoms with Crippen LogP contribution in [0.15, 0.2) is 24.3 Å². The second-order valence-electron chi connectivity index (χ2n) is 5.40. The zero-order valence-corrected chi connectivity index (χ0v) is 11.9. The van der Waals surface area contributed by atoms with E-state index in [9.17, 15) is 12.8 Å². The van der Waals surface area contributed by atoms with Crippen LogP contribution < -0.4 is 4.18 Å². The molecule has 1 aromatic heterocycles. The lowest BCUT2D eigenvalue weighted by Crippen LogP contribution is -2.22. The minimum atomic E-state index is -3.61. The van der Waals surface area contributed by atoms with Gasteiger partial charge in [0.05, 0.1) is 11.4 Å². The molecule has 0 radical (unpaired) electrons. The summed E-state index contributed by atoms with van der Waals surface area (Å²) in [6.45, 7) is 0. The molecule has 0 bridgehead atoms. The fourth-order valence-corrected chi connectivity index (χ4v) is 3.58. The first-order chi connectivity index (χ1) is 10.1. The van der Waals surface area contributed by atoms with Gasteiger partial charge in [-0.25, -0.2) is 4.39 Å². The number of benzene rings is 1. The quantitative estimate of drug-likeness (QED) is 0.798. The van der Waals surface area contributed by atoms with Crippen LogP contribution in [-0.4, -0.2) is 24.0 Å². The van der Waals surface area contributed by atoms with Gasteiger partial charge in [-0.05, 0) is 31.4 Å². The van der Waals surface area contributed by atoms with Crippen LogP contribution in [0.1, 0.15) is 30.0 Å². The van der Waals surface area contributed by atoms with Crippen LogP contribution in [0, 0.1) is 5.82 Å². The molecule has 0 saturated heterocycles. The summed E-state index contributed by atoms with van der Waals surface area (Å²) in [5.41, 5.74) is 1.86. The number of para-hydroxylation sites is 1. The smallest absolute Gasteiger partial charge is 0.311 e. The van der Waals surface area contributed by atoms with Crippen LogP contribution in [0.4, 0.5) is 4.39 Å². The third kappa shape index (κ3) is 2.12. The second kappa shape index (κ2) is 4.30. The molecule has 0 spiro atoms. The van der Waals surface area contributed by atoms with Crippen molar-refractivity contribution in [3.8, 4) is 11.6 Å². The summed E-state index contributed by atoms with van der Waals surface area (Å²) in [6, 6.07) is 6.14. The first kappa shape index (κ1) is 12.8. The first-order valence-corrected chi connectivity index (χ1v) is 8.42. The highest BCUT2D eigenvalue weighted by atomic mass is 32.2. The molecule has 110 valence electrons. The maximum absolute atomic E-state index is 14.0. The largest absolute Gasteiger partial charge is 0.361 e. The SMILES string of the molecule is O=S1(=O)CCc2c(C3CC3)nn(-c3ccccc3F)c2O1. The van der Waals surface area contributed by atoms with E-state index >= 15 is 0 Å². The third-order valence-electron chi connectivity index (χ3n) is 3.82. The minimum absolute atomic E-state index is 0.0529. The van der Waals surface area contributed by atoms with Crippen LogP contribution in [0.3, 0.4) is 0 Å². The van der Waals surface area contributed by atoms with E-state index in [0.29, 0.717) is 12.3 Å². The number of rotatable bonds is 2.